The molecule has 0 bridgehead atoms. The quantitative estimate of drug-likeness (QED) is 0.421. The molecule has 0 saturated carbocycles. The van der Waals surface area contributed by atoms with E-state index in [2.05, 4.69) is 31.1 Å². The number of piperazine rings is 1. The topological polar surface area (TPSA) is 54.4 Å². The SMILES string of the molecule is CN=C(NCCCN1CCCC1C(=O)N(C)C)N1CCN(c2ccccc2Cl)CC1. The summed E-state index contributed by atoms with van der Waals surface area (Å²) in [6.45, 7) is 6.49. The van der Waals surface area contributed by atoms with Crippen molar-refractivity contribution in [3.63, 3.8) is 0 Å². The highest BCUT2D eigenvalue weighted by atomic mass is 35.5. The van der Waals surface area contributed by atoms with E-state index in [0.717, 1.165) is 81.7 Å². The van der Waals surface area contributed by atoms with Gasteiger partial charge in [-0.3, -0.25) is 14.7 Å². The summed E-state index contributed by atoms with van der Waals surface area (Å²) in [6.07, 6.45) is 3.08. The molecule has 1 atom stereocenters. The first kappa shape index (κ1) is 22.7. The van der Waals surface area contributed by atoms with E-state index in [9.17, 15) is 4.79 Å². The van der Waals surface area contributed by atoms with Gasteiger partial charge in [-0.1, -0.05) is 23.7 Å². The molecule has 2 aliphatic rings. The number of carbonyl (C=O) groups excluding carboxylic acids is 1. The molecule has 7 nitrogen and oxygen atoms in total. The second-order valence-corrected chi connectivity index (χ2v) is 8.59. The molecule has 2 fully saturated rings. The van der Waals surface area contributed by atoms with Crippen molar-refractivity contribution in [1.29, 1.82) is 0 Å². The van der Waals surface area contributed by atoms with Crippen LogP contribution in [0, 0.1) is 0 Å². The highest BCUT2D eigenvalue weighted by Crippen LogP contribution is 2.26. The summed E-state index contributed by atoms with van der Waals surface area (Å²) in [6, 6.07) is 8.08. The zero-order chi connectivity index (χ0) is 21.5. The van der Waals surface area contributed by atoms with Crippen LogP contribution in [0.1, 0.15) is 19.3 Å². The maximum atomic E-state index is 12.3. The van der Waals surface area contributed by atoms with Crippen LogP contribution in [-0.2, 0) is 4.79 Å². The second kappa shape index (κ2) is 10.9. The minimum atomic E-state index is 0.0530. The molecule has 3 rings (SSSR count). The van der Waals surface area contributed by atoms with Gasteiger partial charge in [-0.05, 0) is 37.9 Å². The van der Waals surface area contributed by atoms with Crippen molar-refractivity contribution in [3.05, 3.63) is 29.3 Å². The van der Waals surface area contributed by atoms with Gasteiger partial charge in [0.25, 0.3) is 0 Å². The predicted octanol–water partition coefficient (Wildman–Crippen LogP) is 1.98. The molecule has 1 aromatic rings. The maximum Gasteiger partial charge on any atom is 0.239 e. The Hall–Kier alpha value is -1.99. The number of para-hydroxylation sites is 1. The Balaban J connectivity index is 1.41. The van der Waals surface area contributed by atoms with Gasteiger partial charge in [0.15, 0.2) is 5.96 Å². The number of benzene rings is 1. The summed E-state index contributed by atoms with van der Waals surface area (Å²) in [7, 11) is 5.53. The van der Waals surface area contributed by atoms with Crippen LogP contribution in [0.15, 0.2) is 29.3 Å². The lowest BCUT2D eigenvalue weighted by Gasteiger charge is -2.38. The number of rotatable bonds is 6. The fraction of sp³-hybridized carbons (Fsp3) is 0.636. The highest BCUT2D eigenvalue weighted by Gasteiger charge is 2.31. The van der Waals surface area contributed by atoms with E-state index in [1.165, 1.54) is 0 Å². The highest BCUT2D eigenvalue weighted by molar-refractivity contribution is 6.33. The van der Waals surface area contributed by atoms with Gasteiger partial charge >= 0.3 is 0 Å². The minimum Gasteiger partial charge on any atom is -0.367 e. The Kier molecular flexibility index (Phi) is 8.22. The van der Waals surface area contributed by atoms with E-state index in [-0.39, 0.29) is 11.9 Å². The first-order valence-corrected chi connectivity index (χ1v) is 11.3. The average Bonchev–Trinajstić information content (AvgIpc) is 3.22. The number of anilines is 1. The molecule has 2 heterocycles. The fourth-order valence-electron chi connectivity index (χ4n) is 4.35. The standard InChI is InChI=1S/C22H35ClN6O/c1-24-22(25-11-7-13-27-12-6-10-20(27)21(30)26(2)3)29-16-14-28(15-17-29)19-9-5-4-8-18(19)23/h4-5,8-9,20H,6-7,10-17H2,1-3H3,(H,24,25). The smallest absolute Gasteiger partial charge is 0.239 e. The largest absolute Gasteiger partial charge is 0.367 e. The lowest BCUT2D eigenvalue weighted by molar-refractivity contribution is -0.133. The van der Waals surface area contributed by atoms with Crippen molar-refractivity contribution < 1.29 is 4.79 Å². The summed E-state index contributed by atoms with van der Waals surface area (Å²) in [5.74, 6) is 1.18. The van der Waals surface area contributed by atoms with Crippen molar-refractivity contribution in [2.45, 2.75) is 25.3 Å². The van der Waals surface area contributed by atoms with Gasteiger partial charge in [0.1, 0.15) is 0 Å². The van der Waals surface area contributed by atoms with Crippen LogP contribution in [0.3, 0.4) is 0 Å². The summed E-state index contributed by atoms with van der Waals surface area (Å²) in [5.41, 5.74) is 1.11. The fourth-order valence-corrected chi connectivity index (χ4v) is 4.61. The number of likely N-dealkylation sites (tertiary alicyclic amines) is 1. The third-order valence-corrected chi connectivity index (χ3v) is 6.30. The number of carbonyl (C=O) groups is 1. The van der Waals surface area contributed by atoms with Crippen LogP contribution in [0.5, 0.6) is 0 Å². The monoisotopic (exact) mass is 434 g/mol. The van der Waals surface area contributed by atoms with Gasteiger partial charge in [-0.15, -0.1) is 0 Å². The Bertz CT molecular complexity index is 732. The number of aliphatic imine (C=N–C) groups is 1. The molecule has 2 saturated heterocycles. The Morgan fingerprint density at radius 3 is 2.60 bits per heavy atom. The lowest BCUT2D eigenvalue weighted by Crippen LogP contribution is -2.53. The zero-order valence-corrected chi connectivity index (χ0v) is 19.2. The molecule has 0 aromatic heterocycles. The molecule has 8 heteroatoms. The summed E-state index contributed by atoms with van der Waals surface area (Å²) < 4.78 is 0. The van der Waals surface area contributed by atoms with Crippen molar-refractivity contribution >= 4 is 29.2 Å². The summed E-state index contributed by atoms with van der Waals surface area (Å²) in [4.78, 5) is 25.5. The number of hydrogen-bond acceptors (Lipinski definition) is 4. The third-order valence-electron chi connectivity index (χ3n) is 5.98. The molecule has 0 spiro atoms. The normalized spacial score (nSPS) is 20.5. The van der Waals surface area contributed by atoms with E-state index >= 15 is 0 Å². The Labute approximate surface area is 185 Å². The van der Waals surface area contributed by atoms with E-state index < -0.39 is 0 Å². The molecule has 30 heavy (non-hydrogen) atoms. The van der Waals surface area contributed by atoms with Gasteiger partial charge in [0, 0.05) is 60.4 Å². The van der Waals surface area contributed by atoms with E-state index in [0.29, 0.717) is 0 Å². The number of likely N-dealkylation sites (N-methyl/N-ethyl adjacent to an activating group) is 1. The van der Waals surface area contributed by atoms with E-state index in [4.69, 9.17) is 11.6 Å². The van der Waals surface area contributed by atoms with E-state index in [1.807, 2.05) is 39.3 Å². The van der Waals surface area contributed by atoms with Crippen molar-refractivity contribution in [3.8, 4) is 0 Å². The first-order chi connectivity index (χ1) is 14.5. The number of hydrogen-bond donors (Lipinski definition) is 1. The molecular formula is C22H35ClN6O. The molecule has 0 aliphatic carbocycles. The molecule has 1 amide bonds. The first-order valence-electron chi connectivity index (χ1n) is 10.9. The number of nitrogens with one attached hydrogen (secondary N) is 1. The average molecular weight is 435 g/mol. The van der Waals surface area contributed by atoms with Crippen molar-refractivity contribution in [2.24, 2.45) is 4.99 Å². The van der Waals surface area contributed by atoms with Crippen LogP contribution < -0.4 is 10.2 Å². The van der Waals surface area contributed by atoms with Gasteiger partial charge in [0.2, 0.25) is 5.91 Å². The number of guanidine groups is 1. The van der Waals surface area contributed by atoms with Gasteiger partial charge in [0.05, 0.1) is 16.8 Å². The molecule has 0 radical (unpaired) electrons. The van der Waals surface area contributed by atoms with Crippen LogP contribution >= 0.6 is 11.6 Å². The van der Waals surface area contributed by atoms with Crippen LogP contribution in [-0.4, -0.2) is 99.6 Å². The van der Waals surface area contributed by atoms with Crippen LogP contribution in [0.2, 0.25) is 5.02 Å². The predicted molar refractivity (Wildman–Crippen MR) is 125 cm³/mol. The molecule has 2 aliphatic heterocycles. The second-order valence-electron chi connectivity index (χ2n) is 8.18. The van der Waals surface area contributed by atoms with Gasteiger partial charge in [-0.2, -0.15) is 0 Å². The molecular weight excluding hydrogens is 400 g/mol. The summed E-state index contributed by atoms with van der Waals surface area (Å²) in [5, 5.41) is 4.31. The Morgan fingerprint density at radius 1 is 1.20 bits per heavy atom. The van der Waals surface area contributed by atoms with Gasteiger partial charge in [-0.25, -0.2) is 0 Å². The maximum absolute atomic E-state index is 12.3. The molecule has 166 valence electrons. The van der Waals surface area contributed by atoms with Crippen molar-refractivity contribution in [2.75, 3.05) is 71.9 Å². The summed E-state index contributed by atoms with van der Waals surface area (Å²) >= 11 is 6.35. The zero-order valence-electron chi connectivity index (χ0n) is 18.5. The third kappa shape index (κ3) is 5.58. The number of halogens is 1. The Morgan fingerprint density at radius 2 is 1.93 bits per heavy atom. The van der Waals surface area contributed by atoms with E-state index in [1.54, 1.807) is 4.90 Å². The molecule has 1 unspecified atom stereocenters. The van der Waals surface area contributed by atoms with Gasteiger partial charge < -0.3 is 20.0 Å². The molecule has 1 N–H and O–H groups in total. The number of nitrogens with zero attached hydrogens (tertiary/aromatic N) is 5. The molecule has 1 aromatic carbocycles. The van der Waals surface area contributed by atoms with Crippen LogP contribution in [0.4, 0.5) is 5.69 Å². The van der Waals surface area contributed by atoms with Crippen molar-refractivity contribution in [1.82, 2.24) is 20.0 Å². The lowest BCUT2D eigenvalue weighted by atomic mass is 10.2. The van der Waals surface area contributed by atoms with Crippen LogP contribution in [0.25, 0.3) is 0 Å². The minimum absolute atomic E-state index is 0.0530. The number of amides is 1.